The third-order valence-corrected chi connectivity index (χ3v) is 9.03. The van der Waals surface area contributed by atoms with Gasteiger partial charge < -0.3 is 15.2 Å². The maximum absolute atomic E-state index is 12.3. The third kappa shape index (κ3) is 3.68. The Balaban J connectivity index is 1.20. The highest BCUT2D eigenvalue weighted by molar-refractivity contribution is 7.97. The molecule has 2 saturated carbocycles. The van der Waals surface area contributed by atoms with Crippen LogP contribution in [0, 0.1) is 22.7 Å². The quantitative estimate of drug-likeness (QED) is 0.640. The SMILES string of the molecule is N#CCC1(CSN2C3CCC2CN(c2cc(NC(=O)C4CC4)nc4[nH]ccc24)C3)CC1. The maximum atomic E-state index is 12.3. The smallest absolute Gasteiger partial charge is 0.228 e. The standard InChI is InChI=1S/C23H28N6OS/c24-9-8-23(6-7-23)14-31-29-16-3-4-17(29)13-28(12-16)19-11-20(27-22(30)15-1-2-15)26-21-18(19)5-10-25-21/h5,10-11,15-17H,1-4,6-8,12-14H2,(H2,25,26,27,30). The van der Waals surface area contributed by atoms with Gasteiger partial charge >= 0.3 is 0 Å². The molecule has 0 radical (unpaired) electrons. The van der Waals surface area contributed by atoms with E-state index in [0.29, 0.717) is 24.3 Å². The van der Waals surface area contributed by atoms with Crippen molar-refractivity contribution >= 4 is 40.4 Å². The lowest BCUT2D eigenvalue weighted by Gasteiger charge is -2.42. The van der Waals surface area contributed by atoms with Crippen LogP contribution >= 0.6 is 11.9 Å². The number of aromatic nitrogens is 2. The first-order valence-corrected chi connectivity index (χ1v) is 12.4. The number of hydrogen-bond donors (Lipinski definition) is 2. The van der Waals surface area contributed by atoms with E-state index in [4.69, 9.17) is 5.26 Å². The van der Waals surface area contributed by atoms with Crippen molar-refractivity contribution in [3.05, 3.63) is 18.3 Å². The zero-order valence-electron chi connectivity index (χ0n) is 17.6. The number of carbonyl (C=O) groups is 1. The van der Waals surface area contributed by atoms with E-state index in [-0.39, 0.29) is 17.2 Å². The fourth-order valence-corrected chi connectivity index (χ4v) is 6.70. The van der Waals surface area contributed by atoms with Crippen molar-refractivity contribution in [2.45, 2.75) is 57.0 Å². The Kier molecular flexibility index (Phi) is 4.65. The molecule has 0 aromatic carbocycles. The molecule has 7 nitrogen and oxygen atoms in total. The Morgan fingerprint density at radius 3 is 2.74 bits per heavy atom. The molecule has 2 aromatic heterocycles. The summed E-state index contributed by atoms with van der Waals surface area (Å²) >= 11 is 1.99. The topological polar surface area (TPSA) is 88.1 Å². The number of pyridine rings is 1. The number of nitrogens with zero attached hydrogens (tertiary/aromatic N) is 4. The summed E-state index contributed by atoms with van der Waals surface area (Å²) in [5, 5.41) is 13.3. The number of aromatic amines is 1. The van der Waals surface area contributed by atoms with E-state index in [0.717, 1.165) is 42.7 Å². The first kappa shape index (κ1) is 19.4. The van der Waals surface area contributed by atoms with E-state index in [1.165, 1.54) is 31.4 Å². The first-order chi connectivity index (χ1) is 15.1. The third-order valence-electron chi connectivity index (χ3n) is 7.39. The number of nitrogens with one attached hydrogen (secondary N) is 2. The molecule has 162 valence electrons. The van der Waals surface area contributed by atoms with Crippen molar-refractivity contribution in [1.82, 2.24) is 14.3 Å². The molecule has 4 aliphatic rings. The molecule has 0 spiro atoms. The van der Waals surface area contributed by atoms with Gasteiger partial charge in [0.1, 0.15) is 11.5 Å². The second-order valence-corrected chi connectivity index (χ2v) is 10.8. The number of anilines is 2. The number of H-pyrrole nitrogens is 1. The lowest BCUT2D eigenvalue weighted by molar-refractivity contribution is -0.117. The molecule has 2 bridgehead atoms. The van der Waals surface area contributed by atoms with Crippen LogP contribution in [0.5, 0.6) is 0 Å². The maximum Gasteiger partial charge on any atom is 0.228 e. The molecule has 1 amide bonds. The van der Waals surface area contributed by atoms with Crippen LogP contribution in [0.1, 0.15) is 44.9 Å². The highest BCUT2D eigenvalue weighted by Crippen LogP contribution is 2.52. The Morgan fingerprint density at radius 1 is 1.29 bits per heavy atom. The molecule has 6 rings (SSSR count). The Morgan fingerprint density at radius 2 is 2.06 bits per heavy atom. The van der Waals surface area contributed by atoms with E-state index in [1.54, 1.807) is 0 Å². The van der Waals surface area contributed by atoms with E-state index < -0.39 is 0 Å². The lowest BCUT2D eigenvalue weighted by atomic mass is 10.1. The van der Waals surface area contributed by atoms with Crippen LogP contribution in [-0.4, -0.2) is 51.1 Å². The summed E-state index contributed by atoms with van der Waals surface area (Å²) in [5.41, 5.74) is 2.29. The van der Waals surface area contributed by atoms with Gasteiger partial charge in [0.05, 0.1) is 11.8 Å². The predicted octanol–water partition coefficient (Wildman–Crippen LogP) is 3.91. The van der Waals surface area contributed by atoms with Crippen molar-refractivity contribution in [2.75, 3.05) is 29.1 Å². The molecule has 8 heteroatoms. The van der Waals surface area contributed by atoms with Crippen LogP contribution in [0.15, 0.2) is 18.3 Å². The minimum atomic E-state index is 0.0945. The second-order valence-electron chi connectivity index (χ2n) is 9.79. The van der Waals surface area contributed by atoms with Gasteiger partial charge in [-0.25, -0.2) is 9.29 Å². The van der Waals surface area contributed by atoms with Gasteiger partial charge in [-0.3, -0.25) is 4.79 Å². The molecule has 2 aliphatic heterocycles. The number of carbonyl (C=O) groups excluding carboxylic acids is 1. The molecular formula is C23H28N6OS. The highest BCUT2D eigenvalue weighted by atomic mass is 32.2. The van der Waals surface area contributed by atoms with Gasteiger partial charge in [0.2, 0.25) is 5.91 Å². The zero-order chi connectivity index (χ0) is 21.0. The summed E-state index contributed by atoms with van der Waals surface area (Å²) < 4.78 is 2.64. The van der Waals surface area contributed by atoms with Gasteiger partial charge in [0.15, 0.2) is 0 Å². The van der Waals surface area contributed by atoms with Gasteiger partial charge in [0, 0.05) is 60.9 Å². The monoisotopic (exact) mass is 436 g/mol. The Labute approximate surface area is 186 Å². The lowest BCUT2D eigenvalue weighted by Crippen LogP contribution is -2.51. The van der Waals surface area contributed by atoms with Crippen molar-refractivity contribution in [3.8, 4) is 6.07 Å². The molecular weight excluding hydrogens is 408 g/mol. The number of piperazine rings is 1. The van der Waals surface area contributed by atoms with Crippen molar-refractivity contribution in [1.29, 1.82) is 5.26 Å². The zero-order valence-corrected chi connectivity index (χ0v) is 18.5. The number of hydrogen-bond acceptors (Lipinski definition) is 6. The normalized spacial score (nSPS) is 26.7. The second kappa shape index (κ2) is 7.42. The summed E-state index contributed by atoms with van der Waals surface area (Å²) in [5.74, 6) is 1.99. The summed E-state index contributed by atoms with van der Waals surface area (Å²) in [6.45, 7) is 1.99. The molecule has 2 saturated heterocycles. The van der Waals surface area contributed by atoms with Gasteiger partial charge in [0.25, 0.3) is 0 Å². The average Bonchev–Trinajstić information content (AvgIpc) is 3.68. The van der Waals surface area contributed by atoms with Crippen LogP contribution in [0.4, 0.5) is 11.5 Å². The number of fused-ring (bicyclic) bond motifs is 3. The van der Waals surface area contributed by atoms with Gasteiger partial charge in [-0.15, -0.1) is 0 Å². The Hall–Kier alpha value is -2.24. The van der Waals surface area contributed by atoms with Crippen molar-refractivity contribution in [2.24, 2.45) is 11.3 Å². The van der Waals surface area contributed by atoms with Crippen LogP contribution in [0.2, 0.25) is 0 Å². The fraction of sp³-hybridized carbons (Fsp3) is 0.609. The summed E-state index contributed by atoms with van der Waals surface area (Å²) in [6.07, 6.45) is 9.48. The van der Waals surface area contributed by atoms with Gasteiger partial charge in [-0.1, -0.05) is 11.9 Å². The molecule has 4 fully saturated rings. The molecule has 2 aliphatic carbocycles. The van der Waals surface area contributed by atoms with E-state index in [1.807, 2.05) is 18.1 Å². The van der Waals surface area contributed by atoms with Crippen LogP contribution in [0.25, 0.3) is 11.0 Å². The number of nitriles is 1. The minimum absolute atomic E-state index is 0.0945. The van der Waals surface area contributed by atoms with Crippen molar-refractivity contribution < 1.29 is 4.79 Å². The first-order valence-electron chi connectivity index (χ1n) is 11.5. The fourth-order valence-electron chi connectivity index (χ4n) is 5.12. The van der Waals surface area contributed by atoms with E-state index >= 15 is 0 Å². The minimum Gasteiger partial charge on any atom is -0.368 e. The predicted molar refractivity (Wildman–Crippen MR) is 123 cm³/mol. The highest BCUT2D eigenvalue weighted by Gasteiger charge is 2.46. The molecule has 2 aromatic rings. The molecule has 2 atom stereocenters. The van der Waals surface area contributed by atoms with Crippen LogP contribution < -0.4 is 10.2 Å². The van der Waals surface area contributed by atoms with Crippen LogP contribution in [-0.2, 0) is 4.79 Å². The summed E-state index contributed by atoms with van der Waals surface area (Å²) in [7, 11) is 0. The number of rotatable bonds is 7. The summed E-state index contributed by atoms with van der Waals surface area (Å²) in [6, 6.07) is 7.61. The van der Waals surface area contributed by atoms with Crippen molar-refractivity contribution in [3.63, 3.8) is 0 Å². The van der Waals surface area contributed by atoms with Crippen LogP contribution in [0.3, 0.4) is 0 Å². The summed E-state index contributed by atoms with van der Waals surface area (Å²) in [4.78, 5) is 22.7. The van der Waals surface area contributed by atoms with E-state index in [2.05, 4.69) is 42.7 Å². The molecule has 31 heavy (non-hydrogen) atoms. The van der Waals surface area contributed by atoms with Gasteiger partial charge in [-0.05, 0) is 50.0 Å². The van der Waals surface area contributed by atoms with E-state index in [9.17, 15) is 4.79 Å². The molecule has 4 heterocycles. The van der Waals surface area contributed by atoms with Gasteiger partial charge in [-0.2, -0.15) is 5.26 Å². The molecule has 2 unspecified atom stereocenters. The largest absolute Gasteiger partial charge is 0.368 e. The molecule has 2 N–H and O–H groups in total. The number of amides is 1. The average molecular weight is 437 g/mol. The Bertz CT molecular complexity index is 1040.